The van der Waals surface area contributed by atoms with Gasteiger partial charge in [0.2, 0.25) is 0 Å². The summed E-state index contributed by atoms with van der Waals surface area (Å²) in [6.07, 6.45) is 0. The summed E-state index contributed by atoms with van der Waals surface area (Å²) in [6.45, 7) is 0. The highest BCUT2D eigenvalue weighted by atomic mass is 15.1. The third-order valence-corrected chi connectivity index (χ3v) is 4.22. The van der Waals surface area contributed by atoms with Gasteiger partial charge < -0.3 is 9.80 Å². The van der Waals surface area contributed by atoms with Crippen molar-refractivity contribution in [2.24, 2.45) is 0 Å². The van der Waals surface area contributed by atoms with Gasteiger partial charge in [0.05, 0.1) is 0 Å². The number of nitrogens with zero attached hydrogens (tertiary/aromatic N) is 2. The molecule has 0 saturated carbocycles. The largest absolute Gasteiger partial charge is 0.378 e. The minimum absolute atomic E-state index is 1.14. The van der Waals surface area contributed by atoms with E-state index in [9.17, 15) is 0 Å². The van der Waals surface area contributed by atoms with Crippen molar-refractivity contribution in [3.05, 3.63) is 72.8 Å². The van der Waals surface area contributed by atoms with Crippen molar-refractivity contribution in [2.75, 3.05) is 38.0 Å². The summed E-state index contributed by atoms with van der Waals surface area (Å²) < 4.78 is 0. The van der Waals surface area contributed by atoms with E-state index in [-0.39, 0.29) is 0 Å². The topological polar surface area (TPSA) is 6.48 Å². The van der Waals surface area contributed by atoms with Crippen molar-refractivity contribution in [1.29, 1.82) is 0 Å². The van der Waals surface area contributed by atoms with Crippen LogP contribution in [0.25, 0.3) is 22.3 Å². The zero-order valence-corrected chi connectivity index (χ0v) is 14.7. The van der Waals surface area contributed by atoms with Crippen molar-refractivity contribution in [1.82, 2.24) is 0 Å². The fourth-order valence-electron chi connectivity index (χ4n) is 2.78. The van der Waals surface area contributed by atoms with Crippen LogP contribution in [0.4, 0.5) is 11.4 Å². The molecule has 0 bridgehead atoms. The third kappa shape index (κ3) is 3.28. The predicted octanol–water partition coefficient (Wildman–Crippen LogP) is 4.95. The lowest BCUT2D eigenvalue weighted by atomic mass is 9.94. The molecular formula is C22H23N2. The van der Waals surface area contributed by atoms with E-state index in [0.29, 0.717) is 0 Å². The summed E-state index contributed by atoms with van der Waals surface area (Å²) in [5, 5.41) is 0. The van der Waals surface area contributed by atoms with Crippen LogP contribution in [0, 0.1) is 6.07 Å². The fourth-order valence-corrected chi connectivity index (χ4v) is 2.78. The summed E-state index contributed by atoms with van der Waals surface area (Å²) in [5.41, 5.74) is 7.15. The standard InChI is InChI=1S/C22H23N2/c1-23(2)19-13-9-17(10-14-19)21-7-5-6-8-22(21)18-11-15-20(16-12-18)24(3)4/h5-7,9-16H,1-4H3. The third-order valence-electron chi connectivity index (χ3n) is 4.22. The van der Waals surface area contributed by atoms with Crippen molar-refractivity contribution in [2.45, 2.75) is 0 Å². The number of rotatable bonds is 4. The van der Waals surface area contributed by atoms with Gasteiger partial charge in [-0.15, -0.1) is 0 Å². The minimum atomic E-state index is 1.14. The second kappa shape index (κ2) is 6.79. The molecular weight excluding hydrogens is 292 g/mol. The van der Waals surface area contributed by atoms with E-state index in [0.717, 1.165) is 5.56 Å². The molecule has 0 aliphatic carbocycles. The number of hydrogen-bond donors (Lipinski definition) is 0. The zero-order valence-electron chi connectivity index (χ0n) is 14.7. The van der Waals surface area contributed by atoms with Gasteiger partial charge in [-0.1, -0.05) is 42.5 Å². The Morgan fingerprint density at radius 2 is 1.12 bits per heavy atom. The highest BCUT2D eigenvalue weighted by Gasteiger charge is 2.08. The van der Waals surface area contributed by atoms with Crippen LogP contribution >= 0.6 is 0 Å². The van der Waals surface area contributed by atoms with E-state index in [2.05, 4.69) is 98.7 Å². The number of benzene rings is 3. The maximum Gasteiger partial charge on any atom is 0.0361 e. The quantitative estimate of drug-likeness (QED) is 0.672. The first-order chi connectivity index (χ1) is 11.6. The lowest BCUT2D eigenvalue weighted by Crippen LogP contribution is -2.08. The highest BCUT2D eigenvalue weighted by Crippen LogP contribution is 2.33. The van der Waals surface area contributed by atoms with Gasteiger partial charge in [0.25, 0.3) is 0 Å². The first-order valence-corrected chi connectivity index (χ1v) is 8.12. The Balaban J connectivity index is 2.01. The van der Waals surface area contributed by atoms with Gasteiger partial charge in [0.1, 0.15) is 0 Å². The van der Waals surface area contributed by atoms with E-state index in [1.54, 1.807) is 0 Å². The SMILES string of the molecule is CN(C)c1ccc(-c2[c]cccc2-c2ccc(N(C)C)cc2)cc1. The molecule has 2 nitrogen and oxygen atoms in total. The molecule has 0 fully saturated rings. The van der Waals surface area contributed by atoms with Crippen molar-refractivity contribution < 1.29 is 0 Å². The normalized spacial score (nSPS) is 10.5. The second-order valence-electron chi connectivity index (χ2n) is 6.34. The molecule has 0 aromatic heterocycles. The Morgan fingerprint density at radius 1 is 0.625 bits per heavy atom. The minimum Gasteiger partial charge on any atom is -0.378 e. The van der Waals surface area contributed by atoms with Gasteiger partial charge >= 0.3 is 0 Å². The zero-order chi connectivity index (χ0) is 17.1. The monoisotopic (exact) mass is 315 g/mol. The van der Waals surface area contributed by atoms with Gasteiger partial charge in [0, 0.05) is 39.6 Å². The molecule has 3 aromatic carbocycles. The van der Waals surface area contributed by atoms with E-state index < -0.39 is 0 Å². The van der Waals surface area contributed by atoms with Gasteiger partial charge in [-0.3, -0.25) is 0 Å². The van der Waals surface area contributed by atoms with Crippen LogP contribution in [0.1, 0.15) is 0 Å². The molecule has 121 valence electrons. The van der Waals surface area contributed by atoms with Gasteiger partial charge in [-0.25, -0.2) is 0 Å². The first-order valence-electron chi connectivity index (χ1n) is 8.12. The predicted molar refractivity (Wildman–Crippen MR) is 105 cm³/mol. The molecule has 0 N–H and O–H groups in total. The molecule has 0 saturated heterocycles. The van der Waals surface area contributed by atoms with Gasteiger partial charge in [-0.2, -0.15) is 0 Å². The van der Waals surface area contributed by atoms with Gasteiger partial charge in [0.15, 0.2) is 0 Å². The van der Waals surface area contributed by atoms with Crippen LogP contribution in [0.15, 0.2) is 66.7 Å². The smallest absolute Gasteiger partial charge is 0.0361 e. The van der Waals surface area contributed by atoms with E-state index in [1.807, 2.05) is 12.1 Å². The molecule has 24 heavy (non-hydrogen) atoms. The Bertz CT molecular complexity index is 730. The van der Waals surface area contributed by atoms with E-state index in [1.165, 1.54) is 28.1 Å². The Kier molecular flexibility index (Phi) is 4.57. The lowest BCUT2D eigenvalue weighted by molar-refractivity contribution is 1.13. The summed E-state index contributed by atoms with van der Waals surface area (Å²) in [7, 11) is 8.23. The lowest BCUT2D eigenvalue weighted by Gasteiger charge is -2.15. The summed E-state index contributed by atoms with van der Waals surface area (Å²) in [6, 6.07) is 26.9. The molecule has 2 heteroatoms. The van der Waals surface area contributed by atoms with Crippen molar-refractivity contribution >= 4 is 11.4 Å². The number of anilines is 2. The van der Waals surface area contributed by atoms with Crippen LogP contribution in [0.2, 0.25) is 0 Å². The van der Waals surface area contributed by atoms with E-state index >= 15 is 0 Å². The highest BCUT2D eigenvalue weighted by molar-refractivity contribution is 5.84. The molecule has 3 aromatic rings. The van der Waals surface area contributed by atoms with Crippen LogP contribution in [0.3, 0.4) is 0 Å². The Hall–Kier alpha value is -2.74. The fraction of sp³-hybridized carbons (Fsp3) is 0.182. The molecule has 0 heterocycles. The molecule has 3 rings (SSSR count). The summed E-state index contributed by atoms with van der Waals surface area (Å²) in [4.78, 5) is 4.22. The van der Waals surface area contributed by atoms with Crippen LogP contribution < -0.4 is 9.80 Å². The number of hydrogen-bond acceptors (Lipinski definition) is 2. The average molecular weight is 315 g/mol. The maximum atomic E-state index is 3.41. The van der Waals surface area contributed by atoms with Crippen molar-refractivity contribution in [3.63, 3.8) is 0 Å². The Labute approximate surface area is 145 Å². The second-order valence-corrected chi connectivity index (χ2v) is 6.34. The van der Waals surface area contributed by atoms with E-state index in [4.69, 9.17) is 0 Å². The molecule has 1 radical (unpaired) electrons. The van der Waals surface area contributed by atoms with Crippen LogP contribution in [-0.2, 0) is 0 Å². The molecule has 0 spiro atoms. The van der Waals surface area contributed by atoms with Crippen LogP contribution in [-0.4, -0.2) is 28.2 Å². The summed E-state index contributed by atoms with van der Waals surface area (Å²) >= 11 is 0. The van der Waals surface area contributed by atoms with Crippen LogP contribution in [0.5, 0.6) is 0 Å². The molecule has 0 atom stereocenters. The maximum absolute atomic E-state index is 3.41. The average Bonchev–Trinajstić information content (AvgIpc) is 2.62. The molecule has 0 aliphatic heterocycles. The molecule has 0 aliphatic rings. The Morgan fingerprint density at radius 3 is 1.62 bits per heavy atom. The van der Waals surface area contributed by atoms with Gasteiger partial charge in [-0.05, 0) is 52.6 Å². The molecule has 0 unspecified atom stereocenters. The first kappa shape index (κ1) is 16.1. The molecule has 0 amide bonds. The van der Waals surface area contributed by atoms with Crippen molar-refractivity contribution in [3.8, 4) is 22.3 Å². The summed E-state index contributed by atoms with van der Waals surface area (Å²) in [5.74, 6) is 0.